The van der Waals surface area contributed by atoms with Crippen LogP contribution in [0.1, 0.15) is 24.5 Å². The zero-order chi connectivity index (χ0) is 17.1. The Hall–Kier alpha value is -2.40. The number of amides is 1. The molecule has 1 amide bonds. The molecule has 4 nitrogen and oxygen atoms in total. The van der Waals surface area contributed by atoms with Crippen LogP contribution in [-0.4, -0.2) is 18.6 Å². The molecule has 3 rings (SSSR count). The highest BCUT2D eigenvalue weighted by Crippen LogP contribution is 2.36. The molecule has 1 atom stereocenters. The minimum Gasteiger partial charge on any atom is -0.485 e. The van der Waals surface area contributed by atoms with Crippen LogP contribution in [0.4, 0.5) is 4.39 Å². The van der Waals surface area contributed by atoms with Gasteiger partial charge in [0, 0.05) is 31.5 Å². The Morgan fingerprint density at radius 2 is 2.17 bits per heavy atom. The largest absolute Gasteiger partial charge is 0.485 e. The highest BCUT2D eigenvalue weighted by molar-refractivity contribution is 5.76. The van der Waals surface area contributed by atoms with E-state index >= 15 is 0 Å². The van der Waals surface area contributed by atoms with Gasteiger partial charge in [0.25, 0.3) is 0 Å². The Labute approximate surface area is 140 Å². The van der Waals surface area contributed by atoms with Gasteiger partial charge in [0.15, 0.2) is 11.6 Å². The Morgan fingerprint density at radius 1 is 1.38 bits per heavy atom. The van der Waals surface area contributed by atoms with Gasteiger partial charge in [-0.1, -0.05) is 31.2 Å². The fourth-order valence-electron chi connectivity index (χ4n) is 2.95. The summed E-state index contributed by atoms with van der Waals surface area (Å²) in [6.07, 6.45) is 0.891. The average molecular weight is 328 g/mol. The molecule has 1 aliphatic heterocycles. The summed E-state index contributed by atoms with van der Waals surface area (Å²) < 4.78 is 20.0. The molecule has 0 saturated carbocycles. The fraction of sp³-hybridized carbons (Fsp3) is 0.316. The van der Waals surface area contributed by atoms with E-state index in [1.165, 1.54) is 6.07 Å². The SMILES string of the molecule is CCC(=O)NCc1ccccc1-c1cc(F)c2c(c1)CC(CN)O2. The van der Waals surface area contributed by atoms with Gasteiger partial charge in [-0.3, -0.25) is 4.79 Å². The number of fused-ring (bicyclic) bond motifs is 1. The van der Waals surface area contributed by atoms with Crippen LogP contribution in [0.5, 0.6) is 5.75 Å². The van der Waals surface area contributed by atoms with Crippen molar-refractivity contribution >= 4 is 5.91 Å². The molecule has 0 bridgehead atoms. The van der Waals surface area contributed by atoms with Crippen molar-refractivity contribution in [1.29, 1.82) is 0 Å². The second-order valence-electron chi connectivity index (χ2n) is 5.91. The first-order valence-electron chi connectivity index (χ1n) is 8.16. The summed E-state index contributed by atoms with van der Waals surface area (Å²) in [5.74, 6) is -0.0686. The normalized spacial score (nSPS) is 15.7. The number of benzene rings is 2. The average Bonchev–Trinajstić information content (AvgIpc) is 3.03. The minimum absolute atomic E-state index is 0.0101. The molecule has 1 aliphatic rings. The van der Waals surface area contributed by atoms with E-state index in [-0.39, 0.29) is 17.8 Å². The maximum Gasteiger partial charge on any atom is 0.219 e. The Bertz CT molecular complexity index is 761. The van der Waals surface area contributed by atoms with E-state index in [1.807, 2.05) is 37.3 Å². The summed E-state index contributed by atoms with van der Waals surface area (Å²) in [5.41, 5.74) is 9.12. The van der Waals surface area contributed by atoms with Gasteiger partial charge < -0.3 is 15.8 Å². The number of hydrogen-bond donors (Lipinski definition) is 2. The van der Waals surface area contributed by atoms with Crippen molar-refractivity contribution in [2.75, 3.05) is 6.54 Å². The molecular formula is C19H21FN2O2. The first kappa shape index (κ1) is 16.5. The lowest BCUT2D eigenvalue weighted by molar-refractivity contribution is -0.120. The molecule has 5 heteroatoms. The van der Waals surface area contributed by atoms with Crippen LogP contribution in [0.2, 0.25) is 0 Å². The van der Waals surface area contributed by atoms with Crippen LogP contribution in [-0.2, 0) is 17.8 Å². The molecule has 0 spiro atoms. The van der Waals surface area contributed by atoms with Gasteiger partial charge >= 0.3 is 0 Å². The van der Waals surface area contributed by atoms with Crippen LogP contribution in [0.15, 0.2) is 36.4 Å². The van der Waals surface area contributed by atoms with Gasteiger partial charge in [-0.05, 0) is 28.8 Å². The number of carbonyl (C=O) groups excluding carboxylic acids is 1. The first-order chi connectivity index (χ1) is 11.6. The maximum atomic E-state index is 14.4. The molecule has 0 saturated heterocycles. The van der Waals surface area contributed by atoms with Crippen LogP contribution in [0.25, 0.3) is 11.1 Å². The maximum absolute atomic E-state index is 14.4. The van der Waals surface area contributed by atoms with Crippen molar-refractivity contribution in [2.45, 2.75) is 32.4 Å². The standard InChI is InChI=1S/C19H21FN2O2/c1-2-18(23)22-11-12-5-3-4-6-16(12)13-7-14-8-15(10-21)24-19(14)17(20)9-13/h3-7,9,15H,2,8,10-11,21H2,1H3,(H,22,23). The molecule has 0 aliphatic carbocycles. The summed E-state index contributed by atoms with van der Waals surface area (Å²) in [5, 5.41) is 2.87. The number of ether oxygens (including phenoxy) is 1. The number of nitrogens with two attached hydrogens (primary N) is 1. The lowest BCUT2D eigenvalue weighted by Crippen LogP contribution is -2.24. The molecule has 0 radical (unpaired) electrons. The second-order valence-corrected chi connectivity index (χ2v) is 5.91. The quantitative estimate of drug-likeness (QED) is 0.887. The smallest absolute Gasteiger partial charge is 0.219 e. The van der Waals surface area contributed by atoms with Crippen molar-refractivity contribution in [3.8, 4) is 16.9 Å². The highest BCUT2D eigenvalue weighted by Gasteiger charge is 2.26. The third kappa shape index (κ3) is 3.26. The lowest BCUT2D eigenvalue weighted by atomic mass is 9.96. The second kappa shape index (κ2) is 7.01. The number of halogens is 1. The van der Waals surface area contributed by atoms with Gasteiger partial charge in [-0.15, -0.1) is 0 Å². The van der Waals surface area contributed by atoms with Crippen LogP contribution in [0.3, 0.4) is 0 Å². The summed E-state index contributed by atoms with van der Waals surface area (Å²) in [4.78, 5) is 11.5. The topological polar surface area (TPSA) is 64.4 Å². The van der Waals surface area contributed by atoms with E-state index in [2.05, 4.69) is 5.32 Å². The molecule has 1 heterocycles. The van der Waals surface area contributed by atoms with E-state index < -0.39 is 0 Å². The van der Waals surface area contributed by atoms with E-state index in [1.54, 1.807) is 0 Å². The number of nitrogens with one attached hydrogen (secondary N) is 1. The number of carbonyl (C=O) groups is 1. The summed E-state index contributed by atoms with van der Waals surface area (Å²) >= 11 is 0. The van der Waals surface area contributed by atoms with Crippen molar-refractivity contribution in [3.05, 3.63) is 53.3 Å². The summed E-state index contributed by atoms with van der Waals surface area (Å²) in [6.45, 7) is 2.59. The van der Waals surface area contributed by atoms with Gasteiger partial charge in [0.2, 0.25) is 5.91 Å². The third-order valence-electron chi connectivity index (χ3n) is 4.24. The van der Waals surface area contributed by atoms with E-state index in [0.29, 0.717) is 31.7 Å². The Balaban J connectivity index is 1.93. The molecule has 2 aromatic carbocycles. The molecule has 126 valence electrons. The van der Waals surface area contributed by atoms with Crippen molar-refractivity contribution in [1.82, 2.24) is 5.32 Å². The molecular weight excluding hydrogens is 307 g/mol. The molecule has 0 fully saturated rings. The van der Waals surface area contributed by atoms with Crippen molar-refractivity contribution in [3.63, 3.8) is 0 Å². The van der Waals surface area contributed by atoms with Crippen LogP contribution in [0, 0.1) is 5.82 Å². The molecule has 24 heavy (non-hydrogen) atoms. The third-order valence-corrected chi connectivity index (χ3v) is 4.24. The van der Waals surface area contributed by atoms with Gasteiger partial charge in [0.1, 0.15) is 6.10 Å². The van der Waals surface area contributed by atoms with Gasteiger partial charge in [-0.25, -0.2) is 4.39 Å². The van der Waals surface area contributed by atoms with Crippen LogP contribution >= 0.6 is 0 Å². The van der Waals surface area contributed by atoms with E-state index in [9.17, 15) is 9.18 Å². The molecule has 2 aromatic rings. The van der Waals surface area contributed by atoms with Crippen molar-refractivity contribution < 1.29 is 13.9 Å². The van der Waals surface area contributed by atoms with Gasteiger partial charge in [-0.2, -0.15) is 0 Å². The summed E-state index contributed by atoms with van der Waals surface area (Å²) in [6, 6.07) is 11.1. The minimum atomic E-state index is -0.370. The van der Waals surface area contributed by atoms with E-state index in [4.69, 9.17) is 10.5 Å². The Kier molecular flexibility index (Phi) is 4.81. The number of hydrogen-bond acceptors (Lipinski definition) is 3. The lowest BCUT2D eigenvalue weighted by Gasteiger charge is -2.12. The highest BCUT2D eigenvalue weighted by atomic mass is 19.1. The number of rotatable bonds is 5. The van der Waals surface area contributed by atoms with E-state index in [0.717, 1.165) is 22.3 Å². The fourth-order valence-corrected chi connectivity index (χ4v) is 2.95. The molecule has 0 aromatic heterocycles. The van der Waals surface area contributed by atoms with Crippen LogP contribution < -0.4 is 15.8 Å². The molecule has 1 unspecified atom stereocenters. The monoisotopic (exact) mass is 328 g/mol. The van der Waals surface area contributed by atoms with Gasteiger partial charge in [0.05, 0.1) is 0 Å². The Morgan fingerprint density at radius 3 is 2.92 bits per heavy atom. The molecule has 3 N–H and O–H groups in total. The zero-order valence-electron chi connectivity index (χ0n) is 13.6. The zero-order valence-corrected chi connectivity index (χ0v) is 13.6. The predicted octanol–water partition coefficient (Wildman–Crippen LogP) is 2.78. The van der Waals surface area contributed by atoms with Crippen molar-refractivity contribution in [2.24, 2.45) is 5.73 Å². The predicted molar refractivity (Wildman–Crippen MR) is 91.1 cm³/mol. The first-order valence-corrected chi connectivity index (χ1v) is 8.16. The summed E-state index contributed by atoms with van der Waals surface area (Å²) in [7, 11) is 0.